The van der Waals surface area contributed by atoms with Crippen molar-refractivity contribution in [2.24, 2.45) is 0 Å². The molecule has 1 aliphatic rings. The van der Waals surface area contributed by atoms with Crippen molar-refractivity contribution in [1.82, 2.24) is 20.0 Å². The minimum atomic E-state index is -0.538. The second-order valence-electron chi connectivity index (χ2n) is 6.20. The second-order valence-corrected chi connectivity index (χ2v) is 6.20. The average molecular weight is 345 g/mol. The topological polar surface area (TPSA) is 79.3 Å². The summed E-state index contributed by atoms with van der Waals surface area (Å²) in [6.07, 6.45) is 0.563. The SMILES string of the molecule is Cc1cc(C)n(-c2ccc(NC(=O)NC3CCN(C)C3=O)cc2F)n1. The number of halogens is 1. The molecule has 1 aromatic heterocycles. The van der Waals surface area contributed by atoms with E-state index in [0.717, 1.165) is 11.4 Å². The highest BCUT2D eigenvalue weighted by Gasteiger charge is 2.30. The lowest BCUT2D eigenvalue weighted by Gasteiger charge is -2.14. The standard InChI is InChI=1S/C17H20FN5O2/c1-10-8-11(2)23(21-10)15-5-4-12(9-13(15)18)19-17(25)20-14-6-7-22(3)16(14)24/h4-5,8-9,14H,6-7H2,1-3H3,(H2,19,20,25). The summed E-state index contributed by atoms with van der Waals surface area (Å²) in [5.41, 5.74) is 2.23. The first-order valence-electron chi connectivity index (χ1n) is 8.01. The van der Waals surface area contributed by atoms with Crippen LogP contribution in [-0.2, 0) is 4.79 Å². The van der Waals surface area contributed by atoms with Crippen molar-refractivity contribution in [3.05, 3.63) is 41.5 Å². The van der Waals surface area contributed by atoms with E-state index in [1.807, 2.05) is 19.9 Å². The Hall–Kier alpha value is -2.90. The van der Waals surface area contributed by atoms with Crippen LogP contribution in [0.1, 0.15) is 17.8 Å². The van der Waals surface area contributed by atoms with Crippen LogP contribution in [0, 0.1) is 19.7 Å². The predicted molar refractivity (Wildman–Crippen MR) is 91.2 cm³/mol. The fourth-order valence-corrected chi connectivity index (χ4v) is 2.91. The quantitative estimate of drug-likeness (QED) is 0.893. The molecule has 0 saturated carbocycles. The summed E-state index contributed by atoms with van der Waals surface area (Å²) in [6, 6.07) is 5.16. The highest BCUT2D eigenvalue weighted by Crippen LogP contribution is 2.20. The lowest BCUT2D eigenvalue weighted by Crippen LogP contribution is -2.42. The average Bonchev–Trinajstić information content (AvgIpc) is 3.03. The van der Waals surface area contributed by atoms with E-state index in [-0.39, 0.29) is 5.91 Å². The van der Waals surface area contributed by atoms with E-state index in [1.165, 1.54) is 10.7 Å². The van der Waals surface area contributed by atoms with Crippen molar-refractivity contribution in [2.75, 3.05) is 18.9 Å². The van der Waals surface area contributed by atoms with Crippen molar-refractivity contribution in [2.45, 2.75) is 26.3 Å². The third-order valence-corrected chi connectivity index (χ3v) is 4.18. The number of anilines is 1. The Kier molecular flexibility index (Phi) is 4.43. The first-order chi connectivity index (χ1) is 11.8. The van der Waals surface area contributed by atoms with Crippen molar-refractivity contribution in [1.29, 1.82) is 0 Å². The minimum Gasteiger partial charge on any atom is -0.344 e. The molecule has 3 rings (SSSR count). The minimum absolute atomic E-state index is 0.124. The number of carbonyl (C=O) groups is 2. The normalized spacial score (nSPS) is 17.0. The zero-order chi connectivity index (χ0) is 18.1. The monoisotopic (exact) mass is 345 g/mol. The number of amides is 3. The smallest absolute Gasteiger partial charge is 0.319 e. The Morgan fingerprint density at radius 3 is 2.64 bits per heavy atom. The third kappa shape index (κ3) is 3.47. The number of urea groups is 1. The molecule has 132 valence electrons. The van der Waals surface area contributed by atoms with Crippen LogP contribution in [0.3, 0.4) is 0 Å². The van der Waals surface area contributed by atoms with Gasteiger partial charge in [-0.25, -0.2) is 13.9 Å². The Labute approximate surface area is 144 Å². The van der Waals surface area contributed by atoms with E-state index >= 15 is 0 Å². The van der Waals surface area contributed by atoms with Crippen LogP contribution >= 0.6 is 0 Å². The number of likely N-dealkylation sites (tertiary alicyclic amines) is 1. The lowest BCUT2D eigenvalue weighted by atomic mass is 10.2. The number of hydrogen-bond acceptors (Lipinski definition) is 3. The van der Waals surface area contributed by atoms with E-state index in [4.69, 9.17) is 0 Å². The van der Waals surface area contributed by atoms with Gasteiger partial charge in [0.05, 0.1) is 5.69 Å². The molecule has 1 atom stereocenters. The Morgan fingerprint density at radius 2 is 2.08 bits per heavy atom. The number of aryl methyl sites for hydroxylation is 2. The molecule has 0 bridgehead atoms. The van der Waals surface area contributed by atoms with Gasteiger partial charge in [-0.2, -0.15) is 5.10 Å². The summed E-state index contributed by atoms with van der Waals surface area (Å²) in [6.45, 7) is 4.29. The molecule has 8 heteroatoms. The van der Waals surface area contributed by atoms with Crippen LogP contribution in [0.4, 0.5) is 14.9 Å². The van der Waals surface area contributed by atoms with Gasteiger partial charge in [0, 0.05) is 25.0 Å². The zero-order valence-corrected chi connectivity index (χ0v) is 14.3. The highest BCUT2D eigenvalue weighted by molar-refractivity contribution is 5.94. The van der Waals surface area contributed by atoms with Crippen molar-refractivity contribution in [3.63, 3.8) is 0 Å². The number of likely N-dealkylation sites (N-methyl/N-ethyl adjacent to an activating group) is 1. The summed E-state index contributed by atoms with van der Waals surface area (Å²) in [4.78, 5) is 25.4. The molecule has 0 aliphatic carbocycles. The van der Waals surface area contributed by atoms with Gasteiger partial charge < -0.3 is 15.5 Å². The third-order valence-electron chi connectivity index (χ3n) is 4.18. The highest BCUT2D eigenvalue weighted by atomic mass is 19.1. The maximum absolute atomic E-state index is 14.4. The van der Waals surface area contributed by atoms with Crippen LogP contribution in [0.5, 0.6) is 0 Å². The fourth-order valence-electron chi connectivity index (χ4n) is 2.91. The second kappa shape index (κ2) is 6.54. The van der Waals surface area contributed by atoms with Crippen LogP contribution in [0.2, 0.25) is 0 Å². The molecule has 0 radical (unpaired) electrons. The van der Waals surface area contributed by atoms with Gasteiger partial charge in [-0.3, -0.25) is 4.79 Å². The largest absolute Gasteiger partial charge is 0.344 e. The summed E-state index contributed by atoms with van der Waals surface area (Å²) in [7, 11) is 1.69. The molecule has 1 aromatic carbocycles. The van der Waals surface area contributed by atoms with E-state index in [0.29, 0.717) is 24.3 Å². The van der Waals surface area contributed by atoms with E-state index < -0.39 is 17.9 Å². The number of benzene rings is 1. The van der Waals surface area contributed by atoms with Crippen molar-refractivity contribution in [3.8, 4) is 5.69 Å². The predicted octanol–water partition coefficient (Wildman–Crippen LogP) is 1.98. The molecular formula is C17H20FN5O2. The van der Waals surface area contributed by atoms with Crippen LogP contribution in [0.25, 0.3) is 5.69 Å². The van der Waals surface area contributed by atoms with E-state index in [2.05, 4.69) is 15.7 Å². The Balaban J connectivity index is 1.70. The van der Waals surface area contributed by atoms with Gasteiger partial charge in [-0.1, -0.05) is 0 Å². The number of nitrogens with zero attached hydrogens (tertiary/aromatic N) is 3. The number of nitrogens with one attached hydrogen (secondary N) is 2. The maximum atomic E-state index is 14.4. The first kappa shape index (κ1) is 16.9. The summed E-state index contributed by atoms with van der Waals surface area (Å²) in [5, 5.41) is 9.41. The van der Waals surface area contributed by atoms with E-state index in [9.17, 15) is 14.0 Å². The van der Waals surface area contributed by atoms with Crippen LogP contribution < -0.4 is 10.6 Å². The molecule has 7 nitrogen and oxygen atoms in total. The van der Waals surface area contributed by atoms with Gasteiger partial charge >= 0.3 is 6.03 Å². The first-order valence-corrected chi connectivity index (χ1v) is 8.01. The van der Waals surface area contributed by atoms with Gasteiger partial charge in [0.25, 0.3) is 0 Å². The maximum Gasteiger partial charge on any atom is 0.319 e. The molecule has 2 aromatic rings. The summed E-state index contributed by atoms with van der Waals surface area (Å²) >= 11 is 0. The van der Waals surface area contributed by atoms with Crippen molar-refractivity contribution < 1.29 is 14.0 Å². The number of carbonyl (C=O) groups excluding carboxylic acids is 2. The molecule has 1 unspecified atom stereocenters. The molecule has 2 N–H and O–H groups in total. The summed E-state index contributed by atoms with van der Waals surface area (Å²) < 4.78 is 15.9. The van der Waals surface area contributed by atoms with Gasteiger partial charge in [-0.05, 0) is 44.5 Å². The van der Waals surface area contributed by atoms with Gasteiger partial charge in [0.15, 0.2) is 5.82 Å². The van der Waals surface area contributed by atoms with Gasteiger partial charge in [0.2, 0.25) is 5.91 Å². The molecule has 1 fully saturated rings. The molecule has 1 saturated heterocycles. The van der Waals surface area contributed by atoms with E-state index in [1.54, 1.807) is 24.1 Å². The van der Waals surface area contributed by atoms with Gasteiger partial charge in [0.1, 0.15) is 11.7 Å². The lowest BCUT2D eigenvalue weighted by molar-refractivity contribution is -0.128. The Morgan fingerprint density at radius 1 is 1.32 bits per heavy atom. The number of rotatable bonds is 3. The Bertz CT molecular complexity index is 832. The van der Waals surface area contributed by atoms with Crippen LogP contribution in [-0.4, -0.2) is 46.3 Å². The van der Waals surface area contributed by atoms with Crippen LogP contribution in [0.15, 0.2) is 24.3 Å². The van der Waals surface area contributed by atoms with Gasteiger partial charge in [-0.15, -0.1) is 0 Å². The molecule has 1 aliphatic heterocycles. The summed E-state index contributed by atoms with van der Waals surface area (Å²) in [5.74, 6) is -0.623. The number of hydrogen-bond donors (Lipinski definition) is 2. The zero-order valence-electron chi connectivity index (χ0n) is 14.3. The molecule has 0 spiro atoms. The molecular weight excluding hydrogens is 325 g/mol. The number of aromatic nitrogens is 2. The molecule has 3 amide bonds. The van der Waals surface area contributed by atoms with Crippen molar-refractivity contribution >= 4 is 17.6 Å². The fraction of sp³-hybridized carbons (Fsp3) is 0.353. The molecule has 25 heavy (non-hydrogen) atoms. The molecule has 2 heterocycles.